The highest BCUT2D eigenvalue weighted by atomic mass is 35.5. The molecule has 1 saturated heterocycles. The van der Waals surface area contributed by atoms with Crippen molar-refractivity contribution in [3.05, 3.63) is 29.4 Å². The molecule has 1 aromatic carbocycles. The van der Waals surface area contributed by atoms with Gasteiger partial charge in [0.2, 0.25) is 0 Å². The van der Waals surface area contributed by atoms with Crippen molar-refractivity contribution >= 4 is 39.9 Å². The van der Waals surface area contributed by atoms with Crippen molar-refractivity contribution < 1.29 is 9.53 Å². The average Bonchev–Trinajstić information content (AvgIpc) is 2.56. The summed E-state index contributed by atoms with van der Waals surface area (Å²) in [5.41, 5.74) is 1.08. The number of carbonyl (C=O) groups is 1. The standard InChI is InChI=1S/C16H19ClN4O2/c1-2-18-16(22)20-15-9-11-12(10-19-15)13(17)3-4-14(11)21-5-7-23-8-6-21/h3-4,9-10H,2,5-8H2,1H3,(H2,18,19,20,22). The monoisotopic (exact) mass is 334 g/mol. The molecule has 0 aliphatic carbocycles. The second-order valence-electron chi connectivity index (χ2n) is 5.27. The fraction of sp³-hybridized carbons (Fsp3) is 0.375. The smallest absolute Gasteiger partial charge is 0.320 e. The van der Waals surface area contributed by atoms with E-state index in [2.05, 4.69) is 20.5 Å². The van der Waals surface area contributed by atoms with Gasteiger partial charge in [0.05, 0.1) is 18.2 Å². The number of morpholine rings is 1. The Bertz CT molecular complexity index is 717. The van der Waals surface area contributed by atoms with Gasteiger partial charge in [-0.15, -0.1) is 0 Å². The molecular formula is C16H19ClN4O2. The van der Waals surface area contributed by atoms with Crippen molar-refractivity contribution in [1.82, 2.24) is 10.3 Å². The number of urea groups is 1. The normalized spacial score (nSPS) is 14.8. The summed E-state index contributed by atoms with van der Waals surface area (Å²) in [7, 11) is 0. The summed E-state index contributed by atoms with van der Waals surface area (Å²) in [6.07, 6.45) is 1.70. The summed E-state index contributed by atoms with van der Waals surface area (Å²) in [4.78, 5) is 18.2. The van der Waals surface area contributed by atoms with Gasteiger partial charge in [-0.05, 0) is 25.1 Å². The molecular weight excluding hydrogens is 316 g/mol. The van der Waals surface area contributed by atoms with E-state index in [1.165, 1.54) is 0 Å². The van der Waals surface area contributed by atoms with E-state index in [1.807, 2.05) is 25.1 Å². The number of ether oxygens (including phenoxy) is 1. The van der Waals surface area contributed by atoms with Crippen LogP contribution >= 0.6 is 11.6 Å². The SMILES string of the molecule is CCNC(=O)Nc1cc2c(N3CCOCC3)ccc(Cl)c2cn1. The number of rotatable bonds is 3. The number of fused-ring (bicyclic) bond motifs is 1. The highest BCUT2D eigenvalue weighted by Gasteiger charge is 2.16. The Morgan fingerprint density at radius 2 is 2.13 bits per heavy atom. The first-order valence-electron chi connectivity index (χ1n) is 7.65. The second-order valence-corrected chi connectivity index (χ2v) is 5.67. The van der Waals surface area contributed by atoms with Gasteiger partial charge in [-0.3, -0.25) is 5.32 Å². The van der Waals surface area contributed by atoms with Crippen molar-refractivity contribution in [1.29, 1.82) is 0 Å². The quantitative estimate of drug-likeness (QED) is 0.905. The van der Waals surface area contributed by atoms with Crippen LogP contribution in [0.3, 0.4) is 0 Å². The summed E-state index contributed by atoms with van der Waals surface area (Å²) in [6, 6.07) is 5.48. The van der Waals surface area contributed by atoms with Crippen LogP contribution in [0.2, 0.25) is 5.02 Å². The fourth-order valence-corrected chi connectivity index (χ4v) is 2.87. The summed E-state index contributed by atoms with van der Waals surface area (Å²) >= 11 is 6.29. The molecule has 2 heterocycles. The predicted molar refractivity (Wildman–Crippen MR) is 92.5 cm³/mol. The maximum atomic E-state index is 11.7. The first kappa shape index (κ1) is 15.8. The van der Waals surface area contributed by atoms with Gasteiger partial charge >= 0.3 is 6.03 Å². The van der Waals surface area contributed by atoms with Crippen LogP contribution in [0.5, 0.6) is 0 Å². The zero-order chi connectivity index (χ0) is 16.2. The summed E-state index contributed by atoms with van der Waals surface area (Å²) in [5, 5.41) is 7.92. The maximum absolute atomic E-state index is 11.7. The zero-order valence-corrected chi connectivity index (χ0v) is 13.7. The Balaban J connectivity index is 1.99. The molecule has 0 atom stereocenters. The Hall–Kier alpha value is -2.05. The fourth-order valence-electron chi connectivity index (χ4n) is 2.66. The van der Waals surface area contributed by atoms with E-state index in [4.69, 9.17) is 16.3 Å². The minimum atomic E-state index is -0.269. The summed E-state index contributed by atoms with van der Waals surface area (Å²) in [6.45, 7) is 5.50. The molecule has 2 N–H and O–H groups in total. The van der Waals surface area contributed by atoms with Crippen LogP contribution < -0.4 is 15.5 Å². The molecule has 0 radical (unpaired) electrons. The van der Waals surface area contributed by atoms with Gasteiger partial charge in [0.15, 0.2) is 0 Å². The number of amides is 2. The summed E-state index contributed by atoms with van der Waals surface area (Å²) < 4.78 is 5.41. The third-order valence-corrected chi connectivity index (χ3v) is 4.09. The molecule has 122 valence electrons. The van der Waals surface area contributed by atoms with Gasteiger partial charge in [0.1, 0.15) is 5.82 Å². The highest BCUT2D eigenvalue weighted by molar-refractivity contribution is 6.36. The maximum Gasteiger partial charge on any atom is 0.320 e. The molecule has 1 aliphatic rings. The molecule has 0 saturated carbocycles. The molecule has 7 heteroatoms. The van der Waals surface area contributed by atoms with E-state index in [1.54, 1.807) is 6.20 Å². The van der Waals surface area contributed by atoms with Crippen LogP contribution in [0.15, 0.2) is 24.4 Å². The number of carbonyl (C=O) groups excluding carboxylic acids is 1. The van der Waals surface area contributed by atoms with E-state index in [0.717, 1.165) is 29.5 Å². The van der Waals surface area contributed by atoms with Gasteiger partial charge in [0.25, 0.3) is 0 Å². The molecule has 3 rings (SSSR count). The van der Waals surface area contributed by atoms with Crippen LogP contribution in [0, 0.1) is 0 Å². The second kappa shape index (κ2) is 7.02. The third kappa shape index (κ3) is 3.48. The summed E-state index contributed by atoms with van der Waals surface area (Å²) in [5.74, 6) is 0.500. The number of aromatic nitrogens is 1. The lowest BCUT2D eigenvalue weighted by molar-refractivity contribution is 0.123. The molecule has 0 unspecified atom stereocenters. The molecule has 1 aromatic heterocycles. The molecule has 1 aliphatic heterocycles. The van der Waals surface area contributed by atoms with Gasteiger partial charge in [-0.1, -0.05) is 11.6 Å². The Kier molecular flexibility index (Phi) is 4.83. The Morgan fingerprint density at radius 3 is 2.87 bits per heavy atom. The number of benzene rings is 1. The first-order chi connectivity index (χ1) is 11.2. The van der Waals surface area contributed by atoms with Gasteiger partial charge in [-0.25, -0.2) is 9.78 Å². The molecule has 2 aromatic rings. The van der Waals surface area contributed by atoms with Crippen molar-refractivity contribution in [3.8, 4) is 0 Å². The number of hydrogen-bond acceptors (Lipinski definition) is 4. The van der Waals surface area contributed by atoms with Crippen LogP contribution in [0.25, 0.3) is 10.8 Å². The molecule has 0 spiro atoms. The van der Waals surface area contributed by atoms with Gasteiger partial charge in [-0.2, -0.15) is 0 Å². The Labute approximate surface area is 139 Å². The predicted octanol–water partition coefficient (Wildman–Crippen LogP) is 2.87. The number of halogens is 1. The van der Waals surface area contributed by atoms with Crippen molar-refractivity contribution in [2.24, 2.45) is 0 Å². The van der Waals surface area contributed by atoms with E-state index >= 15 is 0 Å². The van der Waals surface area contributed by atoms with E-state index in [9.17, 15) is 4.79 Å². The first-order valence-corrected chi connectivity index (χ1v) is 8.02. The number of pyridine rings is 1. The highest BCUT2D eigenvalue weighted by Crippen LogP contribution is 2.33. The average molecular weight is 335 g/mol. The minimum absolute atomic E-state index is 0.269. The minimum Gasteiger partial charge on any atom is -0.378 e. The molecule has 6 nitrogen and oxygen atoms in total. The van der Waals surface area contributed by atoms with Crippen LogP contribution in [0.4, 0.5) is 16.3 Å². The van der Waals surface area contributed by atoms with E-state index < -0.39 is 0 Å². The largest absolute Gasteiger partial charge is 0.378 e. The lowest BCUT2D eigenvalue weighted by Crippen LogP contribution is -2.36. The topological polar surface area (TPSA) is 66.5 Å². The number of nitrogens with one attached hydrogen (secondary N) is 2. The van der Waals surface area contributed by atoms with E-state index in [-0.39, 0.29) is 6.03 Å². The van der Waals surface area contributed by atoms with Crippen LogP contribution in [-0.2, 0) is 4.74 Å². The number of hydrogen-bond donors (Lipinski definition) is 2. The molecule has 0 bridgehead atoms. The van der Waals surface area contributed by atoms with Crippen molar-refractivity contribution in [2.45, 2.75) is 6.92 Å². The van der Waals surface area contributed by atoms with Gasteiger partial charge < -0.3 is 15.0 Å². The lowest BCUT2D eigenvalue weighted by atomic mass is 10.1. The molecule has 1 fully saturated rings. The van der Waals surface area contributed by atoms with Crippen LogP contribution in [0.1, 0.15) is 6.92 Å². The van der Waals surface area contributed by atoms with E-state index in [0.29, 0.717) is 30.6 Å². The zero-order valence-electron chi connectivity index (χ0n) is 12.9. The van der Waals surface area contributed by atoms with Crippen molar-refractivity contribution in [3.63, 3.8) is 0 Å². The molecule has 2 amide bonds. The third-order valence-electron chi connectivity index (χ3n) is 3.76. The Morgan fingerprint density at radius 1 is 1.35 bits per heavy atom. The van der Waals surface area contributed by atoms with Crippen LogP contribution in [-0.4, -0.2) is 43.9 Å². The lowest BCUT2D eigenvalue weighted by Gasteiger charge is -2.30. The van der Waals surface area contributed by atoms with Crippen molar-refractivity contribution in [2.75, 3.05) is 43.1 Å². The number of nitrogens with zero attached hydrogens (tertiary/aromatic N) is 2. The molecule has 23 heavy (non-hydrogen) atoms. The number of anilines is 2. The van der Waals surface area contributed by atoms with Gasteiger partial charge in [0, 0.05) is 42.3 Å².